The first-order valence-electron chi connectivity index (χ1n) is 6.54. The predicted molar refractivity (Wildman–Crippen MR) is 77.1 cm³/mol. The first-order chi connectivity index (χ1) is 8.79. The van der Waals surface area contributed by atoms with Gasteiger partial charge in [-0.05, 0) is 37.3 Å². The number of hydrogen-bond donors (Lipinski definition) is 2. The highest BCUT2D eigenvalue weighted by Gasteiger charge is 2.18. The normalized spacial score (nSPS) is 18.8. The average Bonchev–Trinajstić information content (AvgIpc) is 2.84. The number of rotatable bonds is 5. The van der Waals surface area contributed by atoms with Crippen molar-refractivity contribution in [2.75, 3.05) is 17.6 Å². The quantitative estimate of drug-likeness (QED) is 0.804. The van der Waals surface area contributed by atoms with Gasteiger partial charge in [-0.25, -0.2) is 0 Å². The Kier molecular flexibility index (Phi) is 5.08. The van der Waals surface area contributed by atoms with E-state index in [9.17, 15) is 4.79 Å². The van der Waals surface area contributed by atoms with Crippen LogP contribution in [0.5, 0.6) is 0 Å². The van der Waals surface area contributed by atoms with Crippen molar-refractivity contribution in [3.8, 4) is 0 Å². The highest BCUT2D eigenvalue weighted by Crippen LogP contribution is 2.26. The number of amides is 1. The van der Waals surface area contributed by atoms with E-state index in [0.29, 0.717) is 12.5 Å². The molecule has 0 saturated carbocycles. The molecule has 4 heteroatoms. The van der Waals surface area contributed by atoms with Crippen LogP contribution in [-0.2, 0) is 4.79 Å². The van der Waals surface area contributed by atoms with Gasteiger partial charge in [-0.15, -0.1) is 11.8 Å². The zero-order valence-corrected chi connectivity index (χ0v) is 11.6. The molecule has 2 rings (SSSR count). The van der Waals surface area contributed by atoms with Crippen LogP contribution in [0.15, 0.2) is 29.2 Å². The highest BCUT2D eigenvalue weighted by atomic mass is 32.2. The Morgan fingerprint density at radius 2 is 2.33 bits per heavy atom. The SMILES string of the molecule is CCSc1ccccc1NC(=O)CC1CCCN1. The average molecular weight is 264 g/mol. The van der Waals surface area contributed by atoms with Gasteiger partial charge in [0.1, 0.15) is 0 Å². The van der Waals surface area contributed by atoms with E-state index in [1.54, 1.807) is 11.8 Å². The van der Waals surface area contributed by atoms with Crippen molar-refractivity contribution in [3.05, 3.63) is 24.3 Å². The van der Waals surface area contributed by atoms with Gasteiger partial charge in [0.25, 0.3) is 0 Å². The van der Waals surface area contributed by atoms with Crippen LogP contribution in [0.3, 0.4) is 0 Å². The molecule has 98 valence electrons. The van der Waals surface area contributed by atoms with Crippen LogP contribution >= 0.6 is 11.8 Å². The molecule has 1 saturated heterocycles. The minimum absolute atomic E-state index is 0.110. The maximum atomic E-state index is 12.0. The maximum Gasteiger partial charge on any atom is 0.225 e. The molecule has 1 atom stereocenters. The number of nitrogens with one attached hydrogen (secondary N) is 2. The first kappa shape index (κ1) is 13.4. The zero-order valence-electron chi connectivity index (χ0n) is 10.7. The van der Waals surface area contributed by atoms with Crippen molar-refractivity contribution in [3.63, 3.8) is 0 Å². The standard InChI is InChI=1S/C14H20N2OS/c1-2-18-13-8-4-3-7-12(13)16-14(17)10-11-6-5-9-15-11/h3-4,7-8,11,15H,2,5-6,9-10H2,1H3,(H,16,17). The topological polar surface area (TPSA) is 41.1 Å². The van der Waals surface area contributed by atoms with Gasteiger partial charge in [-0.3, -0.25) is 4.79 Å². The van der Waals surface area contributed by atoms with Crippen LogP contribution in [0.4, 0.5) is 5.69 Å². The molecule has 0 aliphatic carbocycles. The number of anilines is 1. The van der Waals surface area contributed by atoms with Crippen LogP contribution in [0, 0.1) is 0 Å². The van der Waals surface area contributed by atoms with E-state index in [-0.39, 0.29) is 5.91 Å². The Hall–Kier alpha value is -1.00. The molecule has 1 amide bonds. The van der Waals surface area contributed by atoms with Gasteiger partial charge >= 0.3 is 0 Å². The minimum atomic E-state index is 0.110. The monoisotopic (exact) mass is 264 g/mol. The molecule has 1 heterocycles. The van der Waals surface area contributed by atoms with Crippen molar-refractivity contribution in [2.45, 2.75) is 37.1 Å². The Labute approximate surface area is 113 Å². The summed E-state index contributed by atoms with van der Waals surface area (Å²) >= 11 is 1.76. The summed E-state index contributed by atoms with van der Waals surface area (Å²) in [6.45, 7) is 3.16. The van der Waals surface area contributed by atoms with Gasteiger partial charge in [0, 0.05) is 17.4 Å². The molecule has 1 aliphatic rings. The Morgan fingerprint density at radius 3 is 3.06 bits per heavy atom. The van der Waals surface area contributed by atoms with Crippen molar-refractivity contribution in [1.29, 1.82) is 0 Å². The molecular formula is C14H20N2OS. The summed E-state index contributed by atoms with van der Waals surface area (Å²) in [4.78, 5) is 13.1. The molecule has 0 radical (unpaired) electrons. The van der Waals surface area contributed by atoms with Crippen molar-refractivity contribution >= 4 is 23.4 Å². The lowest BCUT2D eigenvalue weighted by Crippen LogP contribution is -2.27. The molecule has 1 aromatic carbocycles. The predicted octanol–water partition coefficient (Wildman–Crippen LogP) is 2.88. The second-order valence-corrected chi connectivity index (χ2v) is 5.78. The zero-order chi connectivity index (χ0) is 12.8. The van der Waals surface area contributed by atoms with E-state index in [1.807, 2.05) is 18.2 Å². The van der Waals surface area contributed by atoms with Crippen LogP contribution in [0.2, 0.25) is 0 Å². The van der Waals surface area contributed by atoms with E-state index < -0.39 is 0 Å². The van der Waals surface area contributed by atoms with Crippen LogP contribution < -0.4 is 10.6 Å². The van der Waals surface area contributed by atoms with Crippen molar-refractivity contribution in [1.82, 2.24) is 5.32 Å². The summed E-state index contributed by atoms with van der Waals surface area (Å²) in [6.07, 6.45) is 2.87. The summed E-state index contributed by atoms with van der Waals surface area (Å²) in [6, 6.07) is 8.35. The van der Waals surface area contributed by atoms with Crippen LogP contribution in [0.1, 0.15) is 26.2 Å². The largest absolute Gasteiger partial charge is 0.325 e. The number of thioether (sulfide) groups is 1. The third-order valence-electron chi connectivity index (χ3n) is 3.06. The number of para-hydroxylation sites is 1. The number of carbonyl (C=O) groups is 1. The van der Waals surface area contributed by atoms with Crippen molar-refractivity contribution < 1.29 is 4.79 Å². The molecule has 1 aliphatic heterocycles. The lowest BCUT2D eigenvalue weighted by Gasteiger charge is -2.12. The second-order valence-electron chi connectivity index (χ2n) is 4.47. The second kappa shape index (κ2) is 6.81. The third-order valence-corrected chi connectivity index (χ3v) is 4.01. The van der Waals surface area contributed by atoms with Crippen LogP contribution in [0.25, 0.3) is 0 Å². The van der Waals surface area contributed by atoms with Gasteiger partial charge in [0.05, 0.1) is 5.69 Å². The lowest BCUT2D eigenvalue weighted by atomic mass is 10.1. The van der Waals surface area contributed by atoms with E-state index in [4.69, 9.17) is 0 Å². The van der Waals surface area contributed by atoms with Gasteiger partial charge in [-0.2, -0.15) is 0 Å². The molecule has 18 heavy (non-hydrogen) atoms. The van der Waals surface area contributed by atoms with Gasteiger partial charge in [0.15, 0.2) is 0 Å². The fraction of sp³-hybridized carbons (Fsp3) is 0.500. The molecule has 1 unspecified atom stereocenters. The van der Waals surface area contributed by atoms with E-state index in [0.717, 1.165) is 29.3 Å². The van der Waals surface area contributed by atoms with Gasteiger partial charge in [-0.1, -0.05) is 19.1 Å². The molecule has 2 N–H and O–H groups in total. The molecule has 1 aromatic rings. The molecule has 3 nitrogen and oxygen atoms in total. The van der Waals surface area contributed by atoms with Crippen molar-refractivity contribution in [2.24, 2.45) is 0 Å². The van der Waals surface area contributed by atoms with Gasteiger partial charge < -0.3 is 10.6 Å². The molecule has 0 spiro atoms. The summed E-state index contributed by atoms with van der Waals surface area (Å²) < 4.78 is 0. The molecular weight excluding hydrogens is 244 g/mol. The number of hydrogen-bond acceptors (Lipinski definition) is 3. The molecule has 0 bridgehead atoms. The lowest BCUT2D eigenvalue weighted by molar-refractivity contribution is -0.116. The van der Waals surface area contributed by atoms with E-state index >= 15 is 0 Å². The Morgan fingerprint density at radius 1 is 1.50 bits per heavy atom. The third kappa shape index (κ3) is 3.75. The fourth-order valence-electron chi connectivity index (χ4n) is 2.21. The van der Waals surface area contributed by atoms with E-state index in [2.05, 4.69) is 23.6 Å². The highest BCUT2D eigenvalue weighted by molar-refractivity contribution is 7.99. The summed E-state index contributed by atoms with van der Waals surface area (Å²) in [5.74, 6) is 1.12. The molecule has 0 aromatic heterocycles. The Balaban J connectivity index is 1.93. The maximum absolute atomic E-state index is 12.0. The minimum Gasteiger partial charge on any atom is -0.325 e. The van der Waals surface area contributed by atoms with E-state index in [1.165, 1.54) is 6.42 Å². The summed E-state index contributed by atoms with van der Waals surface area (Å²) in [5, 5.41) is 6.37. The Bertz CT molecular complexity index is 403. The number of carbonyl (C=O) groups excluding carboxylic acids is 1. The number of benzene rings is 1. The van der Waals surface area contributed by atoms with Crippen LogP contribution in [-0.4, -0.2) is 24.2 Å². The summed E-state index contributed by atoms with van der Waals surface area (Å²) in [5.41, 5.74) is 0.937. The molecule has 1 fully saturated rings. The van der Waals surface area contributed by atoms with Gasteiger partial charge in [0.2, 0.25) is 5.91 Å². The smallest absolute Gasteiger partial charge is 0.225 e. The summed E-state index contributed by atoms with van der Waals surface area (Å²) in [7, 11) is 0. The first-order valence-corrected chi connectivity index (χ1v) is 7.53. The fourth-order valence-corrected chi connectivity index (χ4v) is 2.97.